The van der Waals surface area contributed by atoms with Crippen LogP contribution in [0.1, 0.15) is 32.0 Å². The molecule has 2 amide bonds. The molecule has 0 saturated heterocycles. The van der Waals surface area contributed by atoms with Crippen molar-refractivity contribution in [3.8, 4) is 5.82 Å². The predicted octanol–water partition coefficient (Wildman–Crippen LogP) is 4.16. The van der Waals surface area contributed by atoms with Gasteiger partial charge in [0.15, 0.2) is 0 Å². The van der Waals surface area contributed by atoms with Crippen molar-refractivity contribution < 1.29 is 9.59 Å². The highest BCUT2D eigenvalue weighted by Crippen LogP contribution is 2.28. The molecular weight excluding hydrogens is 400 g/mol. The summed E-state index contributed by atoms with van der Waals surface area (Å²) in [6, 6.07) is 14.7. The molecular formula is C23H19ClN4O2. The summed E-state index contributed by atoms with van der Waals surface area (Å²) in [5.41, 5.74) is 3.84. The average molecular weight is 419 g/mol. The number of amides is 2. The lowest BCUT2D eigenvalue weighted by Crippen LogP contribution is -2.32. The average Bonchev–Trinajstić information content (AvgIpc) is 3.33. The number of nitrogens with zero attached hydrogens (tertiary/aromatic N) is 4. The molecule has 3 heterocycles. The summed E-state index contributed by atoms with van der Waals surface area (Å²) in [5.74, 6) is 0.445. The third kappa shape index (κ3) is 2.75. The largest absolute Gasteiger partial charge is 0.301 e. The molecule has 150 valence electrons. The molecule has 0 spiro atoms. The molecule has 0 aliphatic carbocycles. The molecule has 0 saturated carbocycles. The van der Waals surface area contributed by atoms with Gasteiger partial charge in [0, 0.05) is 35.8 Å². The third-order valence-corrected chi connectivity index (χ3v) is 5.89. The lowest BCUT2D eigenvalue weighted by atomic mass is 10.1. The van der Waals surface area contributed by atoms with Gasteiger partial charge in [-0.1, -0.05) is 23.7 Å². The molecule has 5 rings (SSSR count). The highest BCUT2D eigenvalue weighted by molar-refractivity contribution is 6.31. The Kier molecular flexibility index (Phi) is 4.25. The van der Waals surface area contributed by atoms with Crippen LogP contribution in [0.15, 0.2) is 54.7 Å². The van der Waals surface area contributed by atoms with E-state index in [1.165, 1.54) is 4.90 Å². The third-order valence-electron chi connectivity index (χ3n) is 5.66. The van der Waals surface area contributed by atoms with E-state index in [4.69, 9.17) is 11.6 Å². The molecule has 1 aliphatic heterocycles. The van der Waals surface area contributed by atoms with Gasteiger partial charge in [-0.25, -0.2) is 0 Å². The maximum absolute atomic E-state index is 12.7. The Hall–Kier alpha value is -3.38. The number of rotatable bonds is 4. The first-order valence-electron chi connectivity index (χ1n) is 9.70. The summed E-state index contributed by atoms with van der Waals surface area (Å²) in [6.45, 7) is 2.25. The maximum Gasteiger partial charge on any atom is 0.261 e. The van der Waals surface area contributed by atoms with E-state index in [1.807, 2.05) is 49.1 Å². The van der Waals surface area contributed by atoms with E-state index >= 15 is 0 Å². The number of benzene rings is 2. The minimum atomic E-state index is -0.236. The minimum absolute atomic E-state index is 0.236. The van der Waals surface area contributed by atoms with E-state index in [9.17, 15) is 9.59 Å². The van der Waals surface area contributed by atoms with Crippen LogP contribution in [0, 0.1) is 6.92 Å². The SMILES string of the molecule is Cc1nn(C)c(-n2ccc3cc(Cl)ccc32)c1CCN1C(=O)c2ccccc2C1=O. The number of fused-ring (bicyclic) bond motifs is 2. The Morgan fingerprint density at radius 1 is 1.00 bits per heavy atom. The van der Waals surface area contributed by atoms with Crippen molar-refractivity contribution in [1.82, 2.24) is 19.2 Å². The summed E-state index contributed by atoms with van der Waals surface area (Å²) < 4.78 is 3.91. The first-order chi connectivity index (χ1) is 14.5. The second-order valence-electron chi connectivity index (χ2n) is 7.46. The Balaban J connectivity index is 1.50. The lowest BCUT2D eigenvalue weighted by Gasteiger charge is -2.15. The van der Waals surface area contributed by atoms with Gasteiger partial charge in [0.25, 0.3) is 11.8 Å². The van der Waals surface area contributed by atoms with Crippen LogP contribution in [0.25, 0.3) is 16.7 Å². The van der Waals surface area contributed by atoms with Crippen LogP contribution in [-0.2, 0) is 13.5 Å². The number of carbonyl (C=O) groups is 2. The van der Waals surface area contributed by atoms with Crippen LogP contribution in [0.3, 0.4) is 0 Å². The summed E-state index contributed by atoms with van der Waals surface area (Å²) in [4.78, 5) is 26.7. The van der Waals surface area contributed by atoms with Crippen LogP contribution in [0.5, 0.6) is 0 Å². The smallest absolute Gasteiger partial charge is 0.261 e. The Bertz CT molecular complexity index is 1300. The van der Waals surface area contributed by atoms with E-state index in [0.717, 1.165) is 28.0 Å². The molecule has 4 aromatic rings. The fourth-order valence-electron chi connectivity index (χ4n) is 4.25. The molecule has 0 unspecified atom stereocenters. The number of hydrogen-bond donors (Lipinski definition) is 0. The Morgan fingerprint density at radius 3 is 2.40 bits per heavy atom. The molecule has 7 heteroatoms. The minimum Gasteiger partial charge on any atom is -0.301 e. The summed E-state index contributed by atoms with van der Waals surface area (Å²) in [5, 5.41) is 6.32. The second-order valence-corrected chi connectivity index (χ2v) is 7.89. The van der Waals surface area contributed by atoms with Gasteiger partial charge in [0.1, 0.15) is 5.82 Å². The molecule has 0 N–H and O–H groups in total. The van der Waals surface area contributed by atoms with Crippen molar-refractivity contribution in [3.05, 3.63) is 82.1 Å². The van der Waals surface area contributed by atoms with Crippen LogP contribution in [-0.4, -0.2) is 37.6 Å². The number of aromatic nitrogens is 3. The zero-order valence-corrected chi connectivity index (χ0v) is 17.3. The molecule has 30 heavy (non-hydrogen) atoms. The van der Waals surface area contributed by atoms with E-state index in [2.05, 4.69) is 9.67 Å². The van der Waals surface area contributed by atoms with Gasteiger partial charge in [0.05, 0.1) is 22.3 Å². The molecule has 0 fully saturated rings. The van der Waals surface area contributed by atoms with Gasteiger partial charge in [-0.3, -0.25) is 19.2 Å². The van der Waals surface area contributed by atoms with Crippen molar-refractivity contribution >= 4 is 34.3 Å². The first kappa shape index (κ1) is 18.6. The number of hydrogen-bond acceptors (Lipinski definition) is 3. The zero-order chi connectivity index (χ0) is 21.0. The van der Waals surface area contributed by atoms with E-state index in [1.54, 1.807) is 24.3 Å². The van der Waals surface area contributed by atoms with Gasteiger partial charge < -0.3 is 4.57 Å². The Labute approximate surface area is 178 Å². The fraction of sp³-hybridized carbons (Fsp3) is 0.174. The van der Waals surface area contributed by atoms with Crippen molar-refractivity contribution in [2.45, 2.75) is 13.3 Å². The van der Waals surface area contributed by atoms with Gasteiger partial charge in [-0.05, 0) is 49.7 Å². The normalized spacial score (nSPS) is 13.5. The molecule has 6 nitrogen and oxygen atoms in total. The quantitative estimate of drug-likeness (QED) is 0.467. The number of aryl methyl sites for hydroxylation is 2. The molecule has 2 aromatic heterocycles. The molecule has 0 atom stereocenters. The van der Waals surface area contributed by atoms with Gasteiger partial charge in [-0.15, -0.1) is 0 Å². The van der Waals surface area contributed by atoms with Gasteiger partial charge in [-0.2, -0.15) is 5.10 Å². The van der Waals surface area contributed by atoms with Crippen LogP contribution in [0.2, 0.25) is 5.02 Å². The van der Waals surface area contributed by atoms with E-state index in [0.29, 0.717) is 29.1 Å². The predicted molar refractivity (Wildman–Crippen MR) is 115 cm³/mol. The zero-order valence-electron chi connectivity index (χ0n) is 16.6. The molecule has 0 radical (unpaired) electrons. The highest BCUT2D eigenvalue weighted by Gasteiger charge is 2.35. The van der Waals surface area contributed by atoms with Gasteiger partial charge in [0.2, 0.25) is 0 Å². The standard InChI is InChI=1S/C23H19ClN4O2/c1-14-17(10-12-28-22(29)18-5-3-4-6-19(18)23(28)30)21(26(2)25-14)27-11-9-15-13-16(24)7-8-20(15)27/h3-9,11,13H,10,12H2,1-2H3. The monoisotopic (exact) mass is 418 g/mol. The highest BCUT2D eigenvalue weighted by atomic mass is 35.5. The summed E-state index contributed by atoms with van der Waals surface area (Å²) in [7, 11) is 1.90. The fourth-order valence-corrected chi connectivity index (χ4v) is 4.43. The molecule has 2 aromatic carbocycles. The Morgan fingerprint density at radius 2 is 1.70 bits per heavy atom. The van der Waals surface area contributed by atoms with Crippen molar-refractivity contribution in [2.75, 3.05) is 6.54 Å². The maximum atomic E-state index is 12.7. The van der Waals surface area contributed by atoms with Crippen molar-refractivity contribution in [3.63, 3.8) is 0 Å². The second kappa shape index (κ2) is 6.85. The van der Waals surface area contributed by atoms with Crippen molar-refractivity contribution in [1.29, 1.82) is 0 Å². The number of carbonyl (C=O) groups excluding carboxylic acids is 2. The number of halogens is 1. The first-order valence-corrected chi connectivity index (χ1v) is 10.1. The van der Waals surface area contributed by atoms with E-state index in [-0.39, 0.29) is 11.8 Å². The van der Waals surface area contributed by atoms with Crippen LogP contribution < -0.4 is 0 Å². The van der Waals surface area contributed by atoms with Gasteiger partial charge >= 0.3 is 0 Å². The number of imide groups is 1. The van der Waals surface area contributed by atoms with Crippen LogP contribution in [0.4, 0.5) is 0 Å². The molecule has 1 aliphatic rings. The van der Waals surface area contributed by atoms with Crippen molar-refractivity contribution in [2.24, 2.45) is 7.05 Å². The topological polar surface area (TPSA) is 60.1 Å². The van der Waals surface area contributed by atoms with E-state index < -0.39 is 0 Å². The summed E-state index contributed by atoms with van der Waals surface area (Å²) in [6.07, 6.45) is 2.51. The molecule has 0 bridgehead atoms. The lowest BCUT2D eigenvalue weighted by molar-refractivity contribution is 0.0656. The van der Waals surface area contributed by atoms with Crippen LogP contribution >= 0.6 is 11.6 Å². The summed E-state index contributed by atoms with van der Waals surface area (Å²) >= 11 is 6.13.